The molecule has 0 aromatic heterocycles. The normalized spacial score (nSPS) is 15.9. The summed E-state index contributed by atoms with van der Waals surface area (Å²) in [4.78, 5) is 0. The van der Waals surface area contributed by atoms with Crippen LogP contribution in [-0.4, -0.2) is 22.4 Å². The summed E-state index contributed by atoms with van der Waals surface area (Å²) >= 11 is 0. The van der Waals surface area contributed by atoms with Gasteiger partial charge in [-0.1, -0.05) is 42.5 Å². The van der Waals surface area contributed by atoms with Crippen LogP contribution in [0.15, 0.2) is 36.4 Å². The zero-order valence-electron chi connectivity index (χ0n) is 7.59. The highest BCUT2D eigenvalue weighted by atomic mass is 16.3. The van der Waals surface area contributed by atoms with Crippen LogP contribution in [0.3, 0.4) is 0 Å². The average molecular weight is 178 g/mol. The van der Waals surface area contributed by atoms with Crippen molar-refractivity contribution >= 4 is 6.08 Å². The fraction of sp³-hybridized carbons (Fsp3) is 0.273. The van der Waals surface area contributed by atoms with Gasteiger partial charge in [-0.05, 0) is 12.5 Å². The molecule has 0 bridgehead atoms. The Morgan fingerprint density at radius 1 is 1.15 bits per heavy atom. The van der Waals surface area contributed by atoms with E-state index in [4.69, 9.17) is 5.11 Å². The van der Waals surface area contributed by atoms with E-state index in [9.17, 15) is 5.11 Å². The summed E-state index contributed by atoms with van der Waals surface area (Å²) in [5.41, 5.74) is 1.02. The maximum absolute atomic E-state index is 9.25. The first kappa shape index (κ1) is 9.96. The summed E-state index contributed by atoms with van der Waals surface area (Å²) in [6, 6.07) is 9.65. The van der Waals surface area contributed by atoms with Gasteiger partial charge in [-0.15, -0.1) is 0 Å². The highest BCUT2D eigenvalue weighted by Gasteiger charge is 2.04. The minimum Gasteiger partial charge on any atom is -0.390 e. The van der Waals surface area contributed by atoms with Gasteiger partial charge < -0.3 is 10.2 Å². The third-order valence-electron chi connectivity index (χ3n) is 1.78. The Balaban J connectivity index is 2.59. The molecule has 13 heavy (non-hydrogen) atoms. The third-order valence-corrected chi connectivity index (χ3v) is 1.78. The smallest absolute Gasteiger partial charge is 0.0980 e. The Morgan fingerprint density at radius 3 is 2.31 bits per heavy atom. The topological polar surface area (TPSA) is 40.5 Å². The van der Waals surface area contributed by atoms with Crippen molar-refractivity contribution in [1.82, 2.24) is 0 Å². The van der Waals surface area contributed by atoms with E-state index in [1.807, 2.05) is 30.3 Å². The van der Waals surface area contributed by atoms with Crippen molar-refractivity contribution in [3.05, 3.63) is 42.0 Å². The van der Waals surface area contributed by atoms with Gasteiger partial charge in [0.25, 0.3) is 0 Å². The van der Waals surface area contributed by atoms with E-state index in [2.05, 4.69) is 0 Å². The van der Waals surface area contributed by atoms with Gasteiger partial charge >= 0.3 is 0 Å². The molecule has 0 saturated heterocycles. The van der Waals surface area contributed by atoms with E-state index in [1.165, 1.54) is 0 Å². The first-order valence-electron chi connectivity index (χ1n) is 4.29. The molecular formula is C11H14O2. The second-order valence-corrected chi connectivity index (χ2v) is 3.00. The van der Waals surface area contributed by atoms with Crippen molar-refractivity contribution in [2.45, 2.75) is 19.1 Å². The van der Waals surface area contributed by atoms with Gasteiger partial charge in [0, 0.05) is 0 Å². The average Bonchev–Trinajstić information content (AvgIpc) is 2.15. The highest BCUT2D eigenvalue weighted by molar-refractivity contribution is 5.49. The lowest BCUT2D eigenvalue weighted by Gasteiger charge is -2.07. The van der Waals surface area contributed by atoms with Crippen LogP contribution in [0.25, 0.3) is 6.08 Å². The maximum Gasteiger partial charge on any atom is 0.0980 e. The molecule has 0 aliphatic carbocycles. The molecule has 0 radical (unpaired) electrons. The Bertz CT molecular complexity index is 265. The van der Waals surface area contributed by atoms with Crippen LogP contribution >= 0.6 is 0 Å². The van der Waals surface area contributed by atoms with E-state index in [-0.39, 0.29) is 0 Å². The van der Waals surface area contributed by atoms with Gasteiger partial charge in [-0.3, -0.25) is 0 Å². The highest BCUT2D eigenvalue weighted by Crippen LogP contribution is 2.03. The molecule has 0 heterocycles. The summed E-state index contributed by atoms with van der Waals surface area (Å²) in [5, 5.41) is 18.2. The zero-order chi connectivity index (χ0) is 9.68. The Kier molecular flexibility index (Phi) is 3.68. The van der Waals surface area contributed by atoms with Crippen LogP contribution in [0.4, 0.5) is 0 Å². The molecule has 0 aliphatic rings. The molecule has 0 amide bonds. The molecular weight excluding hydrogens is 164 g/mol. The number of hydrogen-bond donors (Lipinski definition) is 2. The summed E-state index contributed by atoms with van der Waals surface area (Å²) in [7, 11) is 0. The van der Waals surface area contributed by atoms with E-state index in [1.54, 1.807) is 19.1 Å². The van der Waals surface area contributed by atoms with Crippen molar-refractivity contribution in [2.75, 3.05) is 0 Å². The largest absolute Gasteiger partial charge is 0.390 e. The first-order chi connectivity index (χ1) is 6.20. The van der Waals surface area contributed by atoms with Gasteiger partial charge in [0.05, 0.1) is 12.2 Å². The second-order valence-electron chi connectivity index (χ2n) is 3.00. The monoisotopic (exact) mass is 178 g/mol. The van der Waals surface area contributed by atoms with Crippen molar-refractivity contribution in [1.29, 1.82) is 0 Å². The van der Waals surface area contributed by atoms with E-state index in [0.29, 0.717) is 0 Å². The molecule has 1 rings (SSSR count). The standard InChI is InChI=1S/C11H14O2/c1-9(12)11(13)8-7-10-5-3-2-4-6-10/h2-9,11-13H,1H3. The number of aliphatic hydroxyl groups excluding tert-OH is 2. The SMILES string of the molecule is CC(O)C(O)C=Cc1ccccc1. The predicted octanol–water partition coefficient (Wildman–Crippen LogP) is 1.44. The molecule has 0 spiro atoms. The van der Waals surface area contributed by atoms with Crippen molar-refractivity contribution < 1.29 is 10.2 Å². The number of benzene rings is 1. The predicted molar refractivity (Wildman–Crippen MR) is 53.2 cm³/mol. The minimum atomic E-state index is -0.791. The quantitative estimate of drug-likeness (QED) is 0.735. The van der Waals surface area contributed by atoms with Gasteiger partial charge in [-0.2, -0.15) is 0 Å². The van der Waals surface area contributed by atoms with Crippen LogP contribution in [0.2, 0.25) is 0 Å². The lowest BCUT2D eigenvalue weighted by molar-refractivity contribution is 0.0624. The van der Waals surface area contributed by atoms with Crippen molar-refractivity contribution in [2.24, 2.45) is 0 Å². The zero-order valence-corrected chi connectivity index (χ0v) is 7.59. The van der Waals surface area contributed by atoms with E-state index < -0.39 is 12.2 Å². The lowest BCUT2D eigenvalue weighted by Crippen LogP contribution is -2.19. The number of aliphatic hydroxyl groups is 2. The summed E-state index contributed by atoms with van der Waals surface area (Å²) in [6.45, 7) is 1.56. The molecule has 2 nitrogen and oxygen atoms in total. The van der Waals surface area contributed by atoms with Gasteiger partial charge in [0.2, 0.25) is 0 Å². The fourth-order valence-electron chi connectivity index (χ4n) is 0.935. The van der Waals surface area contributed by atoms with Crippen LogP contribution in [0.5, 0.6) is 0 Å². The third kappa shape index (κ3) is 3.40. The second kappa shape index (κ2) is 4.80. The fourth-order valence-corrected chi connectivity index (χ4v) is 0.935. The molecule has 0 aliphatic heterocycles. The Labute approximate surface area is 78.2 Å². The molecule has 1 aromatic carbocycles. The summed E-state index contributed by atoms with van der Waals surface area (Å²) in [6.07, 6.45) is 1.86. The maximum atomic E-state index is 9.25. The number of hydrogen-bond acceptors (Lipinski definition) is 2. The van der Waals surface area contributed by atoms with Crippen molar-refractivity contribution in [3.63, 3.8) is 0 Å². The van der Waals surface area contributed by atoms with E-state index >= 15 is 0 Å². The van der Waals surface area contributed by atoms with Crippen LogP contribution < -0.4 is 0 Å². The summed E-state index contributed by atoms with van der Waals surface area (Å²) < 4.78 is 0. The Hall–Kier alpha value is -1.12. The molecule has 1 aromatic rings. The minimum absolute atomic E-state index is 0.722. The van der Waals surface area contributed by atoms with Crippen LogP contribution in [0.1, 0.15) is 12.5 Å². The molecule has 2 atom stereocenters. The van der Waals surface area contributed by atoms with Gasteiger partial charge in [-0.25, -0.2) is 0 Å². The Morgan fingerprint density at radius 2 is 1.77 bits per heavy atom. The molecule has 0 fully saturated rings. The van der Waals surface area contributed by atoms with Crippen LogP contribution in [-0.2, 0) is 0 Å². The van der Waals surface area contributed by atoms with Crippen LogP contribution in [0, 0.1) is 0 Å². The molecule has 2 unspecified atom stereocenters. The van der Waals surface area contributed by atoms with Gasteiger partial charge in [0.1, 0.15) is 0 Å². The molecule has 2 N–H and O–H groups in total. The van der Waals surface area contributed by atoms with E-state index in [0.717, 1.165) is 5.56 Å². The van der Waals surface area contributed by atoms with Crippen molar-refractivity contribution in [3.8, 4) is 0 Å². The first-order valence-corrected chi connectivity index (χ1v) is 4.29. The molecule has 2 heteroatoms. The number of rotatable bonds is 3. The lowest BCUT2D eigenvalue weighted by atomic mass is 10.1. The van der Waals surface area contributed by atoms with Gasteiger partial charge in [0.15, 0.2) is 0 Å². The molecule has 0 saturated carbocycles. The summed E-state index contributed by atoms with van der Waals surface area (Å²) in [5.74, 6) is 0. The molecule has 70 valence electrons.